The minimum atomic E-state index is -0.635. The molecule has 0 saturated carbocycles. The zero-order valence-corrected chi connectivity index (χ0v) is 17.1. The van der Waals surface area contributed by atoms with Gasteiger partial charge in [0.15, 0.2) is 0 Å². The molecule has 0 spiro atoms. The van der Waals surface area contributed by atoms with Crippen molar-refractivity contribution in [2.75, 3.05) is 0 Å². The van der Waals surface area contributed by atoms with E-state index >= 15 is 0 Å². The Bertz CT molecular complexity index is 1380. The maximum atomic E-state index is 10.6. The average molecular weight is 459 g/mol. The van der Waals surface area contributed by atoms with E-state index in [2.05, 4.69) is 32.2 Å². The Labute approximate surface area is 180 Å². The molecule has 1 aliphatic rings. The van der Waals surface area contributed by atoms with E-state index in [0.717, 1.165) is 20.8 Å². The highest BCUT2D eigenvalue weighted by molar-refractivity contribution is 9.10. The summed E-state index contributed by atoms with van der Waals surface area (Å²) in [5, 5.41) is 30.0. The SMILES string of the molecule is N#CC1=C(N)Oc2n[nH]c(-c3cccc4ccccc34)c2C1c1cc(Br)ccc1O. The number of hydrogen-bond acceptors (Lipinski definition) is 5. The molecule has 0 saturated heterocycles. The zero-order chi connectivity index (χ0) is 20.8. The van der Waals surface area contributed by atoms with Crippen molar-refractivity contribution in [2.45, 2.75) is 5.92 Å². The van der Waals surface area contributed by atoms with Gasteiger partial charge in [0.1, 0.15) is 17.4 Å². The number of benzene rings is 3. The lowest BCUT2D eigenvalue weighted by atomic mass is 9.82. The monoisotopic (exact) mass is 458 g/mol. The molecule has 4 aromatic rings. The molecule has 5 rings (SSSR count). The summed E-state index contributed by atoms with van der Waals surface area (Å²) in [6, 6.07) is 21.3. The maximum absolute atomic E-state index is 10.6. The molecule has 146 valence electrons. The van der Waals surface area contributed by atoms with E-state index in [1.165, 1.54) is 0 Å². The van der Waals surface area contributed by atoms with Crippen LogP contribution < -0.4 is 10.5 Å². The van der Waals surface area contributed by atoms with Crippen molar-refractivity contribution in [1.29, 1.82) is 5.26 Å². The number of ether oxygens (including phenoxy) is 1. The van der Waals surface area contributed by atoms with Crippen LogP contribution in [0.1, 0.15) is 17.0 Å². The number of aromatic hydroxyl groups is 1. The van der Waals surface area contributed by atoms with Gasteiger partial charge in [-0.15, -0.1) is 5.10 Å². The largest absolute Gasteiger partial charge is 0.508 e. The molecule has 30 heavy (non-hydrogen) atoms. The lowest BCUT2D eigenvalue weighted by Crippen LogP contribution is -2.21. The average Bonchev–Trinajstić information content (AvgIpc) is 3.17. The normalized spacial score (nSPS) is 15.5. The van der Waals surface area contributed by atoms with Gasteiger partial charge in [0.2, 0.25) is 11.8 Å². The Hall–Kier alpha value is -3.76. The predicted octanol–water partition coefficient (Wildman–Crippen LogP) is 4.92. The summed E-state index contributed by atoms with van der Waals surface area (Å²) in [6.45, 7) is 0. The lowest BCUT2D eigenvalue weighted by molar-refractivity contribution is 0.377. The number of nitrogens with zero attached hydrogens (tertiary/aromatic N) is 2. The number of halogens is 1. The highest BCUT2D eigenvalue weighted by Gasteiger charge is 2.37. The fourth-order valence-corrected chi connectivity index (χ4v) is 4.34. The number of aromatic nitrogens is 2. The van der Waals surface area contributed by atoms with Crippen molar-refractivity contribution >= 4 is 26.7 Å². The van der Waals surface area contributed by atoms with Crippen molar-refractivity contribution in [3.8, 4) is 29.0 Å². The molecular weight excluding hydrogens is 444 g/mol. The Morgan fingerprint density at radius 3 is 2.77 bits per heavy atom. The topological polar surface area (TPSA) is 108 Å². The van der Waals surface area contributed by atoms with E-state index in [0.29, 0.717) is 22.7 Å². The number of allylic oxidation sites excluding steroid dienone is 1. The smallest absolute Gasteiger partial charge is 0.244 e. The standard InChI is InChI=1S/C23H15BrN4O2/c24-13-8-9-18(29)16(10-13)19-17(11-25)22(26)30-23-20(19)21(27-28-23)15-7-3-5-12-4-1-2-6-14(12)15/h1-10,19,29H,26H2,(H,27,28). The van der Waals surface area contributed by atoms with Crippen LogP contribution in [0.15, 0.2) is 76.6 Å². The van der Waals surface area contributed by atoms with Crippen LogP contribution in [0.4, 0.5) is 0 Å². The summed E-state index contributed by atoms with van der Waals surface area (Å²) >= 11 is 3.45. The molecule has 0 fully saturated rings. The maximum Gasteiger partial charge on any atom is 0.244 e. The summed E-state index contributed by atoms with van der Waals surface area (Å²) in [5.74, 6) is -0.310. The number of H-pyrrole nitrogens is 1. The number of nitriles is 1. The molecule has 7 heteroatoms. The van der Waals surface area contributed by atoms with Crippen molar-refractivity contribution in [3.05, 3.63) is 87.7 Å². The molecule has 0 amide bonds. The molecule has 4 N–H and O–H groups in total. The third-order valence-corrected chi connectivity index (χ3v) is 5.79. The highest BCUT2D eigenvalue weighted by atomic mass is 79.9. The highest BCUT2D eigenvalue weighted by Crippen LogP contribution is 2.48. The van der Waals surface area contributed by atoms with E-state index < -0.39 is 5.92 Å². The number of fused-ring (bicyclic) bond motifs is 2. The molecule has 3 aromatic carbocycles. The number of phenols is 1. The van der Waals surface area contributed by atoms with Gasteiger partial charge in [-0.2, -0.15) is 5.26 Å². The first-order chi connectivity index (χ1) is 14.6. The van der Waals surface area contributed by atoms with Gasteiger partial charge in [-0.25, -0.2) is 0 Å². The third kappa shape index (κ3) is 2.73. The van der Waals surface area contributed by atoms with Gasteiger partial charge in [0.05, 0.1) is 17.2 Å². The van der Waals surface area contributed by atoms with E-state index in [4.69, 9.17) is 10.5 Å². The Balaban J connectivity index is 1.82. The Morgan fingerprint density at radius 2 is 1.93 bits per heavy atom. The van der Waals surface area contributed by atoms with Gasteiger partial charge in [0, 0.05) is 15.6 Å². The Kier molecular flexibility index (Phi) is 4.23. The van der Waals surface area contributed by atoms with Crippen LogP contribution >= 0.6 is 15.9 Å². The third-order valence-electron chi connectivity index (χ3n) is 5.30. The van der Waals surface area contributed by atoms with Crippen LogP contribution in [0.2, 0.25) is 0 Å². The minimum Gasteiger partial charge on any atom is -0.508 e. The summed E-state index contributed by atoms with van der Waals surface area (Å²) < 4.78 is 6.44. The number of aromatic amines is 1. The lowest BCUT2D eigenvalue weighted by Gasteiger charge is -2.25. The molecule has 0 aliphatic carbocycles. The molecule has 1 aliphatic heterocycles. The van der Waals surface area contributed by atoms with Gasteiger partial charge in [-0.3, -0.25) is 5.10 Å². The van der Waals surface area contributed by atoms with E-state index in [-0.39, 0.29) is 17.2 Å². The van der Waals surface area contributed by atoms with E-state index in [9.17, 15) is 10.4 Å². The number of rotatable bonds is 2. The molecule has 2 heterocycles. The molecule has 0 bridgehead atoms. The first-order valence-corrected chi connectivity index (χ1v) is 10.00. The van der Waals surface area contributed by atoms with Gasteiger partial charge < -0.3 is 15.6 Å². The van der Waals surface area contributed by atoms with Crippen molar-refractivity contribution in [2.24, 2.45) is 5.73 Å². The van der Waals surface area contributed by atoms with E-state index in [1.807, 2.05) is 42.5 Å². The van der Waals surface area contributed by atoms with Gasteiger partial charge >= 0.3 is 0 Å². The molecule has 6 nitrogen and oxygen atoms in total. The predicted molar refractivity (Wildman–Crippen MR) is 117 cm³/mol. The van der Waals surface area contributed by atoms with Crippen LogP contribution in [0.3, 0.4) is 0 Å². The van der Waals surface area contributed by atoms with Gasteiger partial charge in [0.25, 0.3) is 0 Å². The fraction of sp³-hybridized carbons (Fsp3) is 0.0435. The van der Waals surface area contributed by atoms with Gasteiger partial charge in [-0.05, 0) is 29.0 Å². The number of hydrogen-bond donors (Lipinski definition) is 3. The summed E-state index contributed by atoms with van der Waals surface area (Å²) in [4.78, 5) is 0. The number of nitrogens with two attached hydrogens (primary N) is 1. The Morgan fingerprint density at radius 1 is 1.13 bits per heavy atom. The van der Waals surface area contributed by atoms with E-state index in [1.54, 1.807) is 18.2 Å². The first-order valence-electron chi connectivity index (χ1n) is 9.21. The summed E-state index contributed by atoms with van der Waals surface area (Å²) in [7, 11) is 0. The second-order valence-electron chi connectivity index (χ2n) is 6.97. The van der Waals surface area contributed by atoms with Crippen molar-refractivity contribution < 1.29 is 9.84 Å². The van der Waals surface area contributed by atoms with Crippen molar-refractivity contribution in [1.82, 2.24) is 10.2 Å². The van der Waals surface area contributed by atoms with Crippen LogP contribution in [-0.4, -0.2) is 15.3 Å². The molecule has 0 radical (unpaired) electrons. The number of nitrogens with one attached hydrogen (secondary N) is 1. The molecule has 1 aromatic heterocycles. The molecule has 1 unspecified atom stereocenters. The summed E-state index contributed by atoms with van der Waals surface area (Å²) in [6.07, 6.45) is 0. The van der Waals surface area contributed by atoms with Crippen LogP contribution in [0.5, 0.6) is 11.6 Å². The fourth-order valence-electron chi connectivity index (χ4n) is 3.96. The second kappa shape index (κ2) is 6.94. The van der Waals surface area contributed by atoms with Gasteiger partial charge in [-0.1, -0.05) is 58.4 Å². The quantitative estimate of drug-likeness (QED) is 0.395. The second-order valence-corrected chi connectivity index (χ2v) is 7.89. The zero-order valence-electron chi connectivity index (χ0n) is 15.6. The molecular formula is C23H15BrN4O2. The summed E-state index contributed by atoms with van der Waals surface area (Å²) in [5.41, 5.74) is 9.10. The minimum absolute atomic E-state index is 0.0228. The first kappa shape index (κ1) is 18.3. The van der Waals surface area contributed by atoms with Crippen LogP contribution in [-0.2, 0) is 0 Å². The molecule has 1 atom stereocenters. The van der Waals surface area contributed by atoms with Crippen LogP contribution in [0, 0.1) is 11.3 Å². The van der Waals surface area contributed by atoms with Crippen molar-refractivity contribution in [3.63, 3.8) is 0 Å². The number of phenolic OH excluding ortho intramolecular Hbond substituents is 1. The van der Waals surface area contributed by atoms with Crippen LogP contribution in [0.25, 0.3) is 22.0 Å².